The van der Waals surface area contributed by atoms with Gasteiger partial charge in [-0.1, -0.05) is 30.8 Å². The Hall–Kier alpha value is -4.69. The minimum atomic E-state index is -0.757. The van der Waals surface area contributed by atoms with Crippen LogP contribution in [0, 0.1) is 28.3 Å². The molecule has 5 rings (SSSR count). The molecule has 0 aliphatic carbocycles. The normalized spacial score (nSPS) is 14.1. The van der Waals surface area contributed by atoms with Crippen LogP contribution in [0.4, 0.5) is 26.0 Å². The van der Waals surface area contributed by atoms with Crippen LogP contribution in [0.15, 0.2) is 65.5 Å². The van der Waals surface area contributed by atoms with E-state index in [1.54, 1.807) is 35.2 Å². The minimum absolute atomic E-state index is 0.0676. The zero-order valence-corrected chi connectivity index (χ0v) is 20.3. The summed E-state index contributed by atoms with van der Waals surface area (Å²) in [6, 6.07) is 15.0. The molecule has 2 aromatic heterocycles. The van der Waals surface area contributed by atoms with Crippen molar-refractivity contribution < 1.29 is 13.7 Å². The van der Waals surface area contributed by atoms with Crippen LogP contribution in [-0.2, 0) is 7.05 Å². The van der Waals surface area contributed by atoms with E-state index in [4.69, 9.17) is 6.57 Å². The molecule has 0 bridgehead atoms. The van der Waals surface area contributed by atoms with Crippen LogP contribution in [0.1, 0.15) is 17.2 Å². The summed E-state index contributed by atoms with van der Waals surface area (Å²) < 4.78 is 28.5. The Balaban J connectivity index is 1.54. The van der Waals surface area contributed by atoms with E-state index >= 15 is 0 Å². The largest absolute Gasteiger partial charge is 0.361 e. The van der Waals surface area contributed by atoms with Crippen molar-refractivity contribution in [1.82, 2.24) is 14.5 Å². The minimum Gasteiger partial charge on any atom is -0.361 e. The molecule has 3 heterocycles. The van der Waals surface area contributed by atoms with E-state index in [1.165, 1.54) is 41.9 Å². The molecule has 11 heteroatoms. The Morgan fingerprint density at radius 3 is 2.00 bits per heavy atom. The topological polar surface area (TPSA) is 88.9 Å². The molecular weight excluding hydrogens is 494 g/mol. The van der Waals surface area contributed by atoms with E-state index in [0.717, 1.165) is 11.1 Å². The van der Waals surface area contributed by atoms with Crippen LogP contribution in [0.5, 0.6) is 0 Å². The Kier molecular flexibility index (Phi) is 6.57. The van der Waals surface area contributed by atoms with Crippen LogP contribution < -0.4 is 10.5 Å². The van der Waals surface area contributed by atoms with Gasteiger partial charge in [0.1, 0.15) is 11.6 Å². The summed E-state index contributed by atoms with van der Waals surface area (Å²) >= 11 is 0. The lowest BCUT2D eigenvalue weighted by molar-refractivity contribution is -0.385. The van der Waals surface area contributed by atoms with Crippen LogP contribution in [0.2, 0.25) is 0 Å². The van der Waals surface area contributed by atoms with Crippen LogP contribution in [-0.4, -0.2) is 45.6 Å². The molecule has 1 aliphatic heterocycles. The van der Waals surface area contributed by atoms with Crippen molar-refractivity contribution in [3.8, 4) is 0 Å². The third kappa shape index (κ3) is 4.46. The van der Waals surface area contributed by atoms with Gasteiger partial charge in [-0.3, -0.25) is 19.8 Å². The summed E-state index contributed by atoms with van der Waals surface area (Å²) in [4.78, 5) is 35.9. The number of aromatic nitrogens is 2. The molecule has 9 nitrogen and oxygen atoms in total. The van der Waals surface area contributed by atoms with Crippen molar-refractivity contribution in [3.63, 3.8) is 0 Å². The molecule has 0 atom stereocenters. The molecular formula is C27H22F2N6O3. The predicted octanol–water partition coefficient (Wildman–Crippen LogP) is 4.58. The molecule has 1 aliphatic rings. The Bertz CT molecular complexity index is 1580. The SMILES string of the molecule is [C-]#[N+]c1ccc2c(n1)c(N1CCN(C(c3ccc(F)cc3)c3ccc(F)cc3)CC1)c([N+](=O)[O-])c(=O)n2C. The Morgan fingerprint density at radius 1 is 0.947 bits per heavy atom. The Morgan fingerprint density at radius 2 is 1.50 bits per heavy atom. The molecule has 2 aromatic carbocycles. The van der Waals surface area contributed by atoms with Gasteiger partial charge >= 0.3 is 11.2 Å². The number of fused-ring (bicyclic) bond motifs is 1. The van der Waals surface area contributed by atoms with Gasteiger partial charge in [0.2, 0.25) is 5.52 Å². The lowest BCUT2D eigenvalue weighted by atomic mass is 9.96. The van der Waals surface area contributed by atoms with Crippen molar-refractivity contribution in [1.29, 1.82) is 0 Å². The number of benzene rings is 2. The second kappa shape index (κ2) is 9.99. The number of anilines is 1. The molecule has 0 radical (unpaired) electrons. The highest BCUT2D eigenvalue weighted by Crippen LogP contribution is 2.36. The summed E-state index contributed by atoms with van der Waals surface area (Å²) in [5, 5.41) is 12.0. The first kappa shape index (κ1) is 25.0. The van der Waals surface area contributed by atoms with Gasteiger partial charge in [-0.15, -0.1) is 4.98 Å². The number of piperazine rings is 1. The third-order valence-corrected chi connectivity index (χ3v) is 6.84. The maximum absolute atomic E-state index is 13.7. The number of hydrogen-bond donors (Lipinski definition) is 0. The zero-order valence-electron chi connectivity index (χ0n) is 20.3. The van der Waals surface area contributed by atoms with E-state index in [9.17, 15) is 23.7 Å². The number of halogens is 2. The fraction of sp³-hybridized carbons (Fsp3) is 0.222. The van der Waals surface area contributed by atoms with E-state index in [0.29, 0.717) is 31.7 Å². The van der Waals surface area contributed by atoms with E-state index in [-0.39, 0.29) is 34.7 Å². The highest BCUT2D eigenvalue weighted by Gasteiger charge is 2.35. The average Bonchev–Trinajstić information content (AvgIpc) is 2.92. The van der Waals surface area contributed by atoms with Gasteiger partial charge in [0.05, 0.1) is 16.5 Å². The van der Waals surface area contributed by atoms with Gasteiger partial charge in [-0.05, 0) is 47.5 Å². The number of nitro groups is 1. The maximum Gasteiger partial charge on any atom is 0.361 e. The summed E-state index contributed by atoms with van der Waals surface area (Å²) in [5.41, 5.74) is 0.998. The highest BCUT2D eigenvalue weighted by molar-refractivity contribution is 5.94. The predicted molar refractivity (Wildman–Crippen MR) is 138 cm³/mol. The van der Waals surface area contributed by atoms with Crippen LogP contribution >= 0.6 is 0 Å². The molecule has 38 heavy (non-hydrogen) atoms. The molecule has 0 unspecified atom stereocenters. The summed E-state index contributed by atoms with van der Waals surface area (Å²) in [5.74, 6) is -0.668. The van der Waals surface area contributed by atoms with Gasteiger partial charge < -0.3 is 14.3 Å². The molecule has 0 spiro atoms. The third-order valence-electron chi connectivity index (χ3n) is 6.84. The van der Waals surface area contributed by atoms with Crippen molar-refractivity contribution in [2.45, 2.75) is 6.04 Å². The zero-order chi connectivity index (χ0) is 27.0. The lowest BCUT2D eigenvalue weighted by Crippen LogP contribution is -2.48. The van der Waals surface area contributed by atoms with Crippen molar-refractivity contribution in [3.05, 3.63) is 115 Å². The molecule has 1 saturated heterocycles. The quantitative estimate of drug-likeness (QED) is 0.219. The molecule has 192 valence electrons. The number of hydrogen-bond acceptors (Lipinski definition) is 6. The van der Waals surface area contributed by atoms with Gasteiger partial charge in [-0.25, -0.2) is 8.78 Å². The van der Waals surface area contributed by atoms with Gasteiger partial charge in [0.15, 0.2) is 5.69 Å². The van der Waals surface area contributed by atoms with Gasteiger partial charge in [-0.2, -0.15) is 0 Å². The fourth-order valence-corrected chi connectivity index (χ4v) is 5.00. The number of nitrogens with zero attached hydrogens (tertiary/aromatic N) is 6. The standard InChI is InChI=1S/C27H22F2N6O3/c1-30-22-12-11-21-23(31-22)25(26(35(37)38)27(36)32(21)2)34-15-13-33(14-16-34)24(17-3-7-19(28)8-4-17)18-5-9-20(29)10-6-18/h3-12,24H,13-16H2,2H3. The van der Waals surface area contributed by atoms with Gasteiger partial charge in [0, 0.05) is 33.2 Å². The molecule has 0 amide bonds. The van der Waals surface area contributed by atoms with E-state index in [1.807, 2.05) is 0 Å². The van der Waals surface area contributed by atoms with Crippen molar-refractivity contribution in [2.75, 3.05) is 31.1 Å². The van der Waals surface area contributed by atoms with Crippen LogP contribution in [0.25, 0.3) is 15.9 Å². The Labute approximate surface area is 216 Å². The second-order valence-corrected chi connectivity index (χ2v) is 9.00. The second-order valence-electron chi connectivity index (χ2n) is 9.00. The van der Waals surface area contributed by atoms with E-state index < -0.39 is 16.2 Å². The molecule has 0 N–H and O–H groups in total. The number of aryl methyl sites for hydroxylation is 1. The molecule has 0 saturated carbocycles. The maximum atomic E-state index is 13.7. The first-order valence-corrected chi connectivity index (χ1v) is 11.8. The first-order chi connectivity index (χ1) is 18.3. The van der Waals surface area contributed by atoms with Gasteiger partial charge in [0.25, 0.3) is 5.82 Å². The number of rotatable bonds is 5. The summed E-state index contributed by atoms with van der Waals surface area (Å²) in [6.45, 7) is 8.86. The fourth-order valence-electron chi connectivity index (χ4n) is 5.00. The average molecular weight is 517 g/mol. The van der Waals surface area contributed by atoms with Crippen LogP contribution in [0.3, 0.4) is 0 Å². The molecule has 1 fully saturated rings. The van der Waals surface area contributed by atoms with Crippen molar-refractivity contribution in [2.24, 2.45) is 7.05 Å². The molecule has 4 aromatic rings. The summed E-state index contributed by atoms with van der Waals surface area (Å²) in [6.07, 6.45) is 0. The smallest absolute Gasteiger partial charge is 0.361 e. The highest BCUT2D eigenvalue weighted by atomic mass is 19.1. The monoisotopic (exact) mass is 516 g/mol. The summed E-state index contributed by atoms with van der Waals surface area (Å²) in [7, 11) is 1.44. The number of pyridine rings is 2. The van der Waals surface area contributed by atoms with Crippen molar-refractivity contribution >= 4 is 28.2 Å². The lowest BCUT2D eigenvalue weighted by Gasteiger charge is -2.40. The first-order valence-electron chi connectivity index (χ1n) is 11.8. The van der Waals surface area contributed by atoms with E-state index in [2.05, 4.69) is 14.7 Å².